The van der Waals surface area contributed by atoms with Crippen molar-refractivity contribution in [2.75, 3.05) is 13.2 Å². The number of hydrogen-bond donors (Lipinski definition) is 1. The van der Waals surface area contributed by atoms with Gasteiger partial charge in [0.15, 0.2) is 6.10 Å². The summed E-state index contributed by atoms with van der Waals surface area (Å²) in [6, 6.07) is 0. The highest BCUT2D eigenvalue weighted by Crippen LogP contribution is 2.13. The van der Waals surface area contributed by atoms with Gasteiger partial charge in [-0.15, -0.1) is 0 Å². The second-order valence-electron chi connectivity index (χ2n) is 12.0. The van der Waals surface area contributed by atoms with E-state index >= 15 is 0 Å². The quantitative estimate of drug-likeness (QED) is 0.0462. The predicted octanol–water partition coefficient (Wildman–Crippen LogP) is 11.1. The lowest BCUT2D eigenvalue weighted by atomic mass is 10.0. The lowest BCUT2D eigenvalue weighted by Gasteiger charge is -2.15. The predicted molar refractivity (Wildman–Crippen MR) is 187 cm³/mol. The molecule has 0 spiro atoms. The largest absolute Gasteiger partial charge is 0.462 e. The smallest absolute Gasteiger partial charge is 0.306 e. The number of carbonyl (C=O) groups excluding carboxylic acids is 2. The lowest BCUT2D eigenvalue weighted by molar-refractivity contribution is -0.161. The van der Waals surface area contributed by atoms with Gasteiger partial charge in [0.1, 0.15) is 6.61 Å². The minimum atomic E-state index is -0.797. The van der Waals surface area contributed by atoms with Gasteiger partial charge in [-0.05, 0) is 51.4 Å². The zero-order valence-electron chi connectivity index (χ0n) is 28.7. The van der Waals surface area contributed by atoms with Crippen molar-refractivity contribution in [3.63, 3.8) is 0 Å². The number of allylic oxidation sites excluding steroid dienone is 8. The van der Waals surface area contributed by atoms with Gasteiger partial charge in [-0.2, -0.15) is 0 Å². The molecule has 0 radical (unpaired) electrons. The highest BCUT2D eigenvalue weighted by molar-refractivity contribution is 5.70. The molecule has 0 aromatic rings. The van der Waals surface area contributed by atoms with E-state index in [0.29, 0.717) is 12.8 Å². The number of unbranched alkanes of at least 4 members (excludes halogenated alkanes) is 16. The van der Waals surface area contributed by atoms with E-state index in [1.54, 1.807) is 0 Å². The summed E-state index contributed by atoms with van der Waals surface area (Å²) in [6.07, 6.45) is 43.1. The first-order chi connectivity index (χ1) is 21.6. The third-order valence-electron chi connectivity index (χ3n) is 7.63. The monoisotopic (exact) mass is 617 g/mol. The first-order valence-corrected chi connectivity index (χ1v) is 18.2. The maximum Gasteiger partial charge on any atom is 0.306 e. The van der Waals surface area contributed by atoms with Gasteiger partial charge in [-0.3, -0.25) is 9.59 Å². The van der Waals surface area contributed by atoms with E-state index in [9.17, 15) is 14.7 Å². The second-order valence-corrected chi connectivity index (χ2v) is 12.0. The van der Waals surface area contributed by atoms with Crippen LogP contribution in [-0.2, 0) is 19.1 Å². The van der Waals surface area contributed by atoms with E-state index in [1.807, 2.05) is 0 Å². The zero-order valence-corrected chi connectivity index (χ0v) is 28.7. The molecule has 0 heterocycles. The molecule has 0 aliphatic carbocycles. The van der Waals surface area contributed by atoms with Gasteiger partial charge >= 0.3 is 11.9 Å². The van der Waals surface area contributed by atoms with Crippen LogP contribution in [0.15, 0.2) is 48.6 Å². The number of ether oxygens (including phenoxy) is 2. The van der Waals surface area contributed by atoms with E-state index in [1.165, 1.54) is 89.9 Å². The summed E-state index contributed by atoms with van der Waals surface area (Å²) in [4.78, 5) is 24.1. The first-order valence-electron chi connectivity index (χ1n) is 18.2. The molecule has 5 nitrogen and oxygen atoms in total. The summed E-state index contributed by atoms with van der Waals surface area (Å²) in [5.74, 6) is -0.657. The van der Waals surface area contributed by atoms with E-state index in [-0.39, 0.29) is 31.6 Å². The van der Waals surface area contributed by atoms with Crippen molar-refractivity contribution in [1.29, 1.82) is 0 Å². The molecule has 0 aliphatic heterocycles. The van der Waals surface area contributed by atoms with E-state index in [4.69, 9.17) is 9.47 Å². The van der Waals surface area contributed by atoms with Crippen LogP contribution in [0.3, 0.4) is 0 Å². The van der Waals surface area contributed by atoms with Gasteiger partial charge in [0.05, 0.1) is 6.61 Å². The van der Waals surface area contributed by atoms with Crippen molar-refractivity contribution >= 4 is 11.9 Å². The van der Waals surface area contributed by atoms with Crippen molar-refractivity contribution in [3.8, 4) is 0 Å². The summed E-state index contributed by atoms with van der Waals surface area (Å²) < 4.78 is 10.5. The summed E-state index contributed by atoms with van der Waals surface area (Å²) in [6.45, 7) is 4.05. The average Bonchev–Trinajstić information content (AvgIpc) is 3.02. The van der Waals surface area contributed by atoms with Crippen LogP contribution < -0.4 is 0 Å². The molecule has 5 heteroatoms. The van der Waals surface area contributed by atoms with Crippen LogP contribution in [-0.4, -0.2) is 36.4 Å². The van der Waals surface area contributed by atoms with Crippen molar-refractivity contribution in [2.45, 2.75) is 174 Å². The number of hydrogen-bond acceptors (Lipinski definition) is 5. The lowest BCUT2D eigenvalue weighted by Crippen LogP contribution is -2.28. The molecular formula is C39H68O5. The summed E-state index contributed by atoms with van der Waals surface area (Å²) in [7, 11) is 0. The van der Waals surface area contributed by atoms with Crippen LogP contribution in [0.1, 0.15) is 168 Å². The Morgan fingerprint density at radius 1 is 0.523 bits per heavy atom. The van der Waals surface area contributed by atoms with Crippen molar-refractivity contribution in [3.05, 3.63) is 48.6 Å². The van der Waals surface area contributed by atoms with Crippen molar-refractivity contribution in [2.24, 2.45) is 0 Å². The summed E-state index contributed by atoms with van der Waals surface area (Å²) in [5, 5.41) is 9.51. The van der Waals surface area contributed by atoms with Crippen LogP contribution >= 0.6 is 0 Å². The number of rotatable bonds is 32. The molecule has 0 saturated heterocycles. The van der Waals surface area contributed by atoms with Gasteiger partial charge in [0.2, 0.25) is 0 Å². The van der Waals surface area contributed by atoms with Gasteiger partial charge < -0.3 is 14.6 Å². The molecule has 0 aromatic heterocycles. The fourth-order valence-corrected chi connectivity index (χ4v) is 4.84. The van der Waals surface area contributed by atoms with Crippen LogP contribution in [0.2, 0.25) is 0 Å². The van der Waals surface area contributed by atoms with Crippen molar-refractivity contribution < 1.29 is 24.2 Å². The Hall–Kier alpha value is -2.14. The Kier molecular flexibility index (Phi) is 33.6. The van der Waals surface area contributed by atoms with E-state index < -0.39 is 6.10 Å². The molecule has 1 N–H and O–H groups in total. The van der Waals surface area contributed by atoms with Crippen LogP contribution in [0.4, 0.5) is 0 Å². The topological polar surface area (TPSA) is 72.8 Å². The third-order valence-corrected chi connectivity index (χ3v) is 7.63. The van der Waals surface area contributed by atoms with Crippen molar-refractivity contribution in [1.82, 2.24) is 0 Å². The molecule has 0 aromatic carbocycles. The number of aliphatic hydroxyl groups is 1. The molecule has 0 saturated carbocycles. The molecule has 0 fully saturated rings. The average molecular weight is 617 g/mol. The van der Waals surface area contributed by atoms with E-state index in [2.05, 4.69) is 62.5 Å². The summed E-state index contributed by atoms with van der Waals surface area (Å²) in [5.41, 5.74) is 0. The fraction of sp³-hybridized carbons (Fsp3) is 0.744. The Balaban J connectivity index is 3.69. The number of aliphatic hydroxyl groups excluding tert-OH is 1. The highest BCUT2D eigenvalue weighted by atomic mass is 16.6. The number of esters is 2. The maximum absolute atomic E-state index is 12.1. The molecule has 254 valence electrons. The molecule has 0 amide bonds. The third kappa shape index (κ3) is 32.8. The Morgan fingerprint density at radius 2 is 0.932 bits per heavy atom. The van der Waals surface area contributed by atoms with Crippen LogP contribution in [0, 0.1) is 0 Å². The first kappa shape index (κ1) is 41.9. The highest BCUT2D eigenvalue weighted by Gasteiger charge is 2.15. The normalized spacial score (nSPS) is 12.7. The molecule has 0 rings (SSSR count). The molecule has 0 bridgehead atoms. The molecule has 1 atom stereocenters. The Bertz CT molecular complexity index is 752. The van der Waals surface area contributed by atoms with Gasteiger partial charge in [-0.25, -0.2) is 0 Å². The minimum absolute atomic E-state index is 0.0866. The van der Waals surface area contributed by atoms with Gasteiger partial charge in [0.25, 0.3) is 0 Å². The zero-order chi connectivity index (χ0) is 32.2. The molecule has 1 unspecified atom stereocenters. The Labute approximate surface area is 271 Å². The summed E-state index contributed by atoms with van der Waals surface area (Å²) >= 11 is 0. The van der Waals surface area contributed by atoms with E-state index in [0.717, 1.165) is 44.9 Å². The SMILES string of the molecule is CCCCC/C=C\C/C=C\C/C=C\C/C=C\CCCC(=O)OC(CO)COC(=O)CCCCCCCCCCCCCCC. The second kappa shape index (κ2) is 35.3. The van der Waals surface area contributed by atoms with Crippen LogP contribution in [0.5, 0.6) is 0 Å². The fourth-order valence-electron chi connectivity index (χ4n) is 4.84. The van der Waals surface area contributed by atoms with Gasteiger partial charge in [-0.1, -0.05) is 152 Å². The minimum Gasteiger partial charge on any atom is -0.462 e. The maximum atomic E-state index is 12.1. The number of carbonyl (C=O) groups is 2. The van der Waals surface area contributed by atoms with Crippen LogP contribution in [0.25, 0.3) is 0 Å². The van der Waals surface area contributed by atoms with Gasteiger partial charge in [0, 0.05) is 12.8 Å². The molecule has 44 heavy (non-hydrogen) atoms. The molecule has 0 aliphatic rings. The Morgan fingerprint density at radius 3 is 1.43 bits per heavy atom. The molecular weight excluding hydrogens is 548 g/mol. The standard InChI is InChI=1S/C39H68O5/c1-3-5-7-9-11-13-15-17-18-19-20-22-24-26-28-30-32-34-39(42)44-37(35-40)36-43-38(41)33-31-29-27-25-23-21-16-14-12-10-8-6-4-2/h11,13,17-18,20,22,26,28,37,40H,3-10,12,14-16,19,21,23-25,27,29-36H2,1-2H3/b13-11-,18-17-,22-20-,28-26-.